The number of anilines is 1. The number of nitrogens with zero attached hydrogens (tertiary/aromatic N) is 1. The van der Waals surface area contributed by atoms with Gasteiger partial charge < -0.3 is 25.8 Å². The van der Waals surface area contributed by atoms with Gasteiger partial charge in [0.25, 0.3) is 0 Å². The van der Waals surface area contributed by atoms with Gasteiger partial charge in [0.05, 0.1) is 11.1 Å². The quantitative estimate of drug-likeness (QED) is 0.298. The molecule has 1 heterocycles. The number of carbonyl (C=O) groups excluding carboxylic acids is 3. The lowest BCUT2D eigenvalue weighted by Gasteiger charge is -2.42. The fourth-order valence-corrected chi connectivity index (χ4v) is 4.41. The first-order valence-electron chi connectivity index (χ1n) is 12.6. The van der Waals surface area contributed by atoms with Crippen molar-refractivity contribution in [2.24, 2.45) is 11.1 Å². The molecular formula is C27H41N5O5S. The highest BCUT2D eigenvalue weighted by Crippen LogP contribution is 2.33. The normalized spacial score (nSPS) is 13.3. The van der Waals surface area contributed by atoms with Crippen LogP contribution in [0.2, 0.25) is 0 Å². The maximum Gasteiger partial charge on any atom is 0.411 e. The number of hydrogen-bond acceptors (Lipinski definition) is 8. The number of primary amides is 1. The van der Waals surface area contributed by atoms with E-state index >= 15 is 0 Å². The van der Waals surface area contributed by atoms with Crippen LogP contribution in [0.15, 0.2) is 29.6 Å². The zero-order valence-corrected chi connectivity index (χ0v) is 24.2. The number of benzene rings is 1. The van der Waals surface area contributed by atoms with E-state index in [1.165, 1.54) is 23.8 Å². The minimum Gasteiger partial charge on any atom is -0.392 e. The Balaban J connectivity index is 1.95. The molecule has 3 amide bonds. The van der Waals surface area contributed by atoms with Gasteiger partial charge in [-0.3, -0.25) is 4.79 Å². The fourth-order valence-electron chi connectivity index (χ4n) is 3.62. The van der Waals surface area contributed by atoms with Crippen molar-refractivity contribution >= 4 is 34.6 Å². The number of alkyl carbamates (subject to hydrolysis) is 1. The first-order valence-corrected chi connectivity index (χ1v) is 13.5. The number of nitrogens with one attached hydrogen (secondary N) is 3. The summed E-state index contributed by atoms with van der Waals surface area (Å²) >= 11 is 1.43. The van der Waals surface area contributed by atoms with Crippen LogP contribution in [0.5, 0.6) is 0 Å². The summed E-state index contributed by atoms with van der Waals surface area (Å²) in [6.07, 6.45) is 1.51. The fraction of sp³-hybridized carbons (Fsp3) is 0.556. The molecule has 0 aliphatic carbocycles. The molecule has 0 saturated heterocycles. The van der Waals surface area contributed by atoms with Crippen LogP contribution in [0.4, 0.5) is 14.7 Å². The van der Waals surface area contributed by atoms with Crippen LogP contribution in [0.1, 0.15) is 71.7 Å². The number of carbonyl (C=O) groups is 3. The zero-order chi connectivity index (χ0) is 28.6. The number of aryl methyl sites for hydroxylation is 2. The van der Waals surface area contributed by atoms with Crippen LogP contribution in [0.3, 0.4) is 0 Å². The standard InChI is InChI=1S/C27H41N5O5S/c1-18(33)30-23-31-21(17-38-23)10-8-9-19-11-13-20(14-12-19)15-16-29-27(25(2,3)4,36-22(28)34)37-24(35)32-26(5,6)7/h11-14,17,29H,8-10,15-16H2,1-7H3,(H2,28,34)(H,32,35)(H,30,31,33). The van der Waals surface area contributed by atoms with E-state index in [-0.39, 0.29) is 5.91 Å². The van der Waals surface area contributed by atoms with Gasteiger partial charge in [-0.1, -0.05) is 45.0 Å². The first-order chi connectivity index (χ1) is 17.6. The summed E-state index contributed by atoms with van der Waals surface area (Å²) in [5.41, 5.74) is 7.24. The minimum absolute atomic E-state index is 0.121. The average molecular weight is 548 g/mol. The Bertz CT molecular complexity index is 1090. The van der Waals surface area contributed by atoms with E-state index < -0.39 is 29.1 Å². The van der Waals surface area contributed by atoms with Crippen LogP contribution in [-0.2, 0) is 33.5 Å². The summed E-state index contributed by atoms with van der Waals surface area (Å²) in [4.78, 5) is 39.9. The van der Waals surface area contributed by atoms with Gasteiger partial charge in [-0.25, -0.2) is 19.9 Å². The number of aromatic nitrogens is 1. The van der Waals surface area contributed by atoms with Crippen LogP contribution in [-0.4, -0.2) is 41.1 Å². The molecule has 1 aromatic heterocycles. The Morgan fingerprint density at radius 1 is 0.947 bits per heavy atom. The second-order valence-electron chi connectivity index (χ2n) is 11.2. The molecule has 2 rings (SSSR count). The maximum absolute atomic E-state index is 12.6. The molecule has 5 N–H and O–H groups in total. The van der Waals surface area contributed by atoms with Gasteiger partial charge in [-0.15, -0.1) is 11.3 Å². The Morgan fingerprint density at radius 3 is 2.08 bits per heavy atom. The summed E-state index contributed by atoms with van der Waals surface area (Å²) < 4.78 is 11.0. The van der Waals surface area contributed by atoms with Gasteiger partial charge in [0.2, 0.25) is 5.91 Å². The lowest BCUT2D eigenvalue weighted by molar-refractivity contribution is -0.243. The van der Waals surface area contributed by atoms with Gasteiger partial charge in [0.15, 0.2) is 5.13 Å². The van der Waals surface area contributed by atoms with Crippen molar-refractivity contribution < 1.29 is 23.9 Å². The van der Waals surface area contributed by atoms with Gasteiger partial charge in [0, 0.05) is 24.4 Å². The Labute approximate surface area is 229 Å². The topological polar surface area (TPSA) is 145 Å². The van der Waals surface area contributed by atoms with Crippen molar-refractivity contribution in [3.8, 4) is 0 Å². The third-order valence-electron chi connectivity index (χ3n) is 5.47. The van der Waals surface area contributed by atoms with Crippen LogP contribution >= 0.6 is 11.3 Å². The van der Waals surface area contributed by atoms with E-state index in [9.17, 15) is 14.4 Å². The van der Waals surface area contributed by atoms with Crippen molar-refractivity contribution in [1.82, 2.24) is 15.6 Å². The molecule has 1 atom stereocenters. The highest BCUT2D eigenvalue weighted by atomic mass is 32.1. The molecule has 0 saturated carbocycles. The molecule has 1 aromatic carbocycles. The highest BCUT2D eigenvalue weighted by molar-refractivity contribution is 7.13. The predicted octanol–water partition coefficient (Wildman–Crippen LogP) is 4.73. The summed E-state index contributed by atoms with van der Waals surface area (Å²) in [6.45, 7) is 12.7. The third kappa shape index (κ3) is 10.3. The van der Waals surface area contributed by atoms with E-state index in [2.05, 4.69) is 45.2 Å². The Hall–Kier alpha value is -3.18. The van der Waals surface area contributed by atoms with Crippen molar-refractivity contribution in [2.45, 2.75) is 85.6 Å². The molecule has 10 nitrogen and oxygen atoms in total. The number of rotatable bonds is 11. The van der Waals surface area contributed by atoms with E-state index in [1.54, 1.807) is 20.8 Å². The third-order valence-corrected chi connectivity index (χ3v) is 6.28. The van der Waals surface area contributed by atoms with Crippen LogP contribution < -0.4 is 21.7 Å². The molecule has 0 aliphatic rings. The molecule has 0 bridgehead atoms. The minimum atomic E-state index is -1.76. The Kier molecular flexibility index (Phi) is 10.7. The summed E-state index contributed by atoms with van der Waals surface area (Å²) in [6, 6.07) is 8.28. The van der Waals surface area contributed by atoms with E-state index in [4.69, 9.17) is 15.2 Å². The SMILES string of the molecule is CC(=O)Nc1nc(CCCc2ccc(CCNC(OC(N)=O)(OC(=O)NC(C)(C)C)C(C)(C)C)cc2)cs1. The molecule has 0 spiro atoms. The van der Waals surface area contributed by atoms with Gasteiger partial charge in [-0.2, -0.15) is 0 Å². The molecule has 0 fully saturated rings. The second-order valence-corrected chi connectivity index (χ2v) is 12.1. The number of thiazole rings is 1. The maximum atomic E-state index is 12.6. The molecule has 210 valence electrons. The van der Waals surface area contributed by atoms with Crippen LogP contribution in [0, 0.1) is 5.41 Å². The number of ether oxygens (including phenoxy) is 2. The average Bonchev–Trinajstić information content (AvgIpc) is 3.18. The number of nitrogens with two attached hydrogens (primary N) is 1. The largest absolute Gasteiger partial charge is 0.411 e. The molecule has 2 aromatic rings. The second kappa shape index (κ2) is 13.1. The summed E-state index contributed by atoms with van der Waals surface area (Å²) in [5.74, 6) is -1.88. The van der Waals surface area contributed by atoms with E-state index in [0.717, 1.165) is 30.5 Å². The predicted molar refractivity (Wildman–Crippen MR) is 149 cm³/mol. The van der Waals surface area contributed by atoms with E-state index in [1.807, 2.05) is 26.2 Å². The first kappa shape index (κ1) is 31.0. The summed E-state index contributed by atoms with van der Waals surface area (Å²) in [5, 5.41) is 11.1. The van der Waals surface area contributed by atoms with E-state index in [0.29, 0.717) is 18.1 Å². The Morgan fingerprint density at radius 2 is 1.55 bits per heavy atom. The molecule has 38 heavy (non-hydrogen) atoms. The van der Waals surface area contributed by atoms with Gasteiger partial charge in [-0.05, 0) is 57.6 Å². The monoisotopic (exact) mass is 547 g/mol. The van der Waals surface area contributed by atoms with Crippen molar-refractivity contribution in [3.63, 3.8) is 0 Å². The van der Waals surface area contributed by atoms with Gasteiger partial charge in [0.1, 0.15) is 0 Å². The van der Waals surface area contributed by atoms with Crippen molar-refractivity contribution in [2.75, 3.05) is 11.9 Å². The lowest BCUT2D eigenvalue weighted by atomic mass is 9.90. The molecule has 11 heteroatoms. The van der Waals surface area contributed by atoms with Crippen molar-refractivity contribution in [1.29, 1.82) is 0 Å². The molecule has 1 unspecified atom stereocenters. The van der Waals surface area contributed by atoms with Gasteiger partial charge >= 0.3 is 18.1 Å². The van der Waals surface area contributed by atoms with Crippen LogP contribution in [0.25, 0.3) is 0 Å². The molecular weight excluding hydrogens is 506 g/mol. The lowest BCUT2D eigenvalue weighted by Crippen LogP contribution is -2.63. The smallest absolute Gasteiger partial charge is 0.392 e. The highest BCUT2D eigenvalue weighted by Gasteiger charge is 2.50. The molecule has 0 radical (unpaired) electrons. The summed E-state index contributed by atoms with van der Waals surface area (Å²) in [7, 11) is 0. The zero-order valence-electron chi connectivity index (χ0n) is 23.4. The molecule has 0 aliphatic heterocycles. The van der Waals surface area contributed by atoms with Crippen molar-refractivity contribution in [3.05, 3.63) is 46.5 Å². The number of amides is 3. The number of hydrogen-bond donors (Lipinski definition) is 4.